The standard InChI is InChI=1S/C13H7FNO2S/c14-11-4-2-6-13(8-11)18(16,17)12-5-1-3-10(7-12)9-15/h1-2,4-8H. The van der Waals surface area contributed by atoms with Crippen molar-refractivity contribution in [1.82, 2.24) is 0 Å². The van der Waals surface area contributed by atoms with Gasteiger partial charge in [-0.2, -0.15) is 5.26 Å². The molecule has 0 aliphatic heterocycles. The number of halogens is 1. The van der Waals surface area contributed by atoms with Crippen LogP contribution in [0, 0.1) is 23.2 Å². The number of benzene rings is 2. The summed E-state index contributed by atoms with van der Waals surface area (Å²) in [7, 11) is -3.81. The molecular formula is C13H7FNO2S. The molecular weight excluding hydrogens is 253 g/mol. The van der Waals surface area contributed by atoms with Crippen LogP contribution in [0.15, 0.2) is 52.3 Å². The lowest BCUT2D eigenvalue weighted by Crippen LogP contribution is -2.02. The first-order valence-electron chi connectivity index (χ1n) is 4.96. The molecule has 18 heavy (non-hydrogen) atoms. The van der Waals surface area contributed by atoms with Crippen LogP contribution in [0.3, 0.4) is 0 Å². The van der Waals surface area contributed by atoms with E-state index in [1.165, 1.54) is 36.4 Å². The normalized spacial score (nSPS) is 10.9. The van der Waals surface area contributed by atoms with Gasteiger partial charge in [0.2, 0.25) is 9.84 Å². The number of nitriles is 1. The monoisotopic (exact) mass is 260 g/mol. The van der Waals surface area contributed by atoms with E-state index in [-0.39, 0.29) is 15.4 Å². The Kier molecular flexibility index (Phi) is 3.13. The van der Waals surface area contributed by atoms with Gasteiger partial charge in [-0.05, 0) is 30.3 Å². The highest BCUT2D eigenvalue weighted by Crippen LogP contribution is 2.21. The topological polar surface area (TPSA) is 57.9 Å². The number of hydrogen-bond acceptors (Lipinski definition) is 3. The Balaban J connectivity index is 2.59. The van der Waals surface area contributed by atoms with E-state index in [0.717, 1.165) is 6.07 Å². The van der Waals surface area contributed by atoms with Crippen molar-refractivity contribution in [1.29, 1.82) is 5.26 Å². The van der Waals surface area contributed by atoms with Crippen molar-refractivity contribution in [2.24, 2.45) is 0 Å². The summed E-state index contributed by atoms with van der Waals surface area (Å²) in [6.45, 7) is 0. The van der Waals surface area contributed by atoms with Gasteiger partial charge in [0.25, 0.3) is 0 Å². The van der Waals surface area contributed by atoms with Gasteiger partial charge in [0.1, 0.15) is 5.82 Å². The third-order valence-corrected chi connectivity index (χ3v) is 4.06. The third-order valence-electron chi connectivity index (χ3n) is 2.31. The average molecular weight is 260 g/mol. The maximum atomic E-state index is 13.0. The Bertz CT molecular complexity index is 733. The first kappa shape index (κ1) is 12.3. The van der Waals surface area contributed by atoms with Gasteiger partial charge in [-0.15, -0.1) is 0 Å². The van der Waals surface area contributed by atoms with Gasteiger partial charge in [-0.3, -0.25) is 0 Å². The SMILES string of the molecule is N#Cc1[c]ccc(S(=O)(=O)c2cccc(F)c2)c1. The van der Waals surface area contributed by atoms with Crippen molar-refractivity contribution in [2.45, 2.75) is 9.79 Å². The zero-order valence-electron chi connectivity index (χ0n) is 9.09. The molecule has 0 saturated carbocycles. The van der Waals surface area contributed by atoms with E-state index in [2.05, 4.69) is 6.07 Å². The number of nitrogens with zero attached hydrogens (tertiary/aromatic N) is 1. The van der Waals surface area contributed by atoms with Crippen LogP contribution in [0.5, 0.6) is 0 Å². The van der Waals surface area contributed by atoms with Crippen LogP contribution < -0.4 is 0 Å². The molecule has 0 amide bonds. The molecule has 0 aromatic heterocycles. The molecule has 1 radical (unpaired) electrons. The molecule has 0 aliphatic rings. The molecule has 0 aliphatic carbocycles. The first-order valence-corrected chi connectivity index (χ1v) is 6.45. The maximum absolute atomic E-state index is 13.0. The molecule has 0 N–H and O–H groups in total. The van der Waals surface area contributed by atoms with Crippen LogP contribution in [0.25, 0.3) is 0 Å². The molecule has 0 unspecified atom stereocenters. The van der Waals surface area contributed by atoms with E-state index >= 15 is 0 Å². The smallest absolute Gasteiger partial charge is 0.206 e. The minimum atomic E-state index is -3.81. The van der Waals surface area contributed by atoms with Crippen LogP contribution in [0.2, 0.25) is 0 Å². The molecule has 2 aromatic rings. The summed E-state index contributed by atoms with van der Waals surface area (Å²) in [5.74, 6) is -0.626. The molecule has 0 bridgehead atoms. The summed E-state index contributed by atoms with van der Waals surface area (Å²) >= 11 is 0. The fourth-order valence-corrected chi connectivity index (χ4v) is 2.77. The van der Waals surface area contributed by atoms with Gasteiger partial charge in [-0.25, -0.2) is 12.8 Å². The van der Waals surface area contributed by atoms with E-state index in [1.807, 2.05) is 6.07 Å². The quantitative estimate of drug-likeness (QED) is 0.832. The lowest BCUT2D eigenvalue weighted by Gasteiger charge is -2.04. The van der Waals surface area contributed by atoms with Gasteiger partial charge in [0, 0.05) is 6.07 Å². The van der Waals surface area contributed by atoms with Crippen LogP contribution >= 0.6 is 0 Å². The molecule has 2 rings (SSSR count). The molecule has 2 aromatic carbocycles. The van der Waals surface area contributed by atoms with Crippen molar-refractivity contribution < 1.29 is 12.8 Å². The lowest BCUT2D eigenvalue weighted by molar-refractivity contribution is 0.591. The predicted octanol–water partition coefficient (Wildman–Crippen LogP) is 2.33. The summed E-state index contributed by atoms with van der Waals surface area (Å²) < 4.78 is 37.4. The molecule has 0 heterocycles. The second kappa shape index (κ2) is 4.59. The van der Waals surface area contributed by atoms with E-state index in [1.54, 1.807) is 0 Å². The highest BCUT2D eigenvalue weighted by Gasteiger charge is 2.18. The molecule has 0 spiro atoms. The summed E-state index contributed by atoms with van der Waals surface area (Å²) in [6.07, 6.45) is 0. The highest BCUT2D eigenvalue weighted by atomic mass is 32.2. The Labute approximate surface area is 104 Å². The highest BCUT2D eigenvalue weighted by molar-refractivity contribution is 7.91. The molecule has 5 heteroatoms. The Hall–Kier alpha value is -2.19. The van der Waals surface area contributed by atoms with Crippen molar-refractivity contribution in [2.75, 3.05) is 0 Å². The summed E-state index contributed by atoms with van der Waals surface area (Å²) in [5.41, 5.74) is 0.118. The van der Waals surface area contributed by atoms with Crippen molar-refractivity contribution in [3.05, 3.63) is 59.9 Å². The maximum Gasteiger partial charge on any atom is 0.206 e. The van der Waals surface area contributed by atoms with Crippen LogP contribution in [-0.2, 0) is 9.84 Å². The minimum absolute atomic E-state index is 0.0524. The molecule has 0 atom stereocenters. The Morgan fingerprint density at radius 2 is 1.89 bits per heavy atom. The van der Waals surface area contributed by atoms with E-state index in [9.17, 15) is 12.8 Å². The van der Waals surface area contributed by atoms with Gasteiger partial charge >= 0.3 is 0 Å². The van der Waals surface area contributed by atoms with E-state index in [4.69, 9.17) is 5.26 Å². The zero-order chi connectivity index (χ0) is 13.2. The largest absolute Gasteiger partial charge is 0.219 e. The van der Waals surface area contributed by atoms with E-state index < -0.39 is 15.7 Å². The van der Waals surface area contributed by atoms with Crippen LogP contribution in [0.1, 0.15) is 5.56 Å². The van der Waals surface area contributed by atoms with Crippen LogP contribution in [0.4, 0.5) is 4.39 Å². The van der Waals surface area contributed by atoms with E-state index in [0.29, 0.717) is 0 Å². The minimum Gasteiger partial charge on any atom is -0.219 e. The predicted molar refractivity (Wildman–Crippen MR) is 61.8 cm³/mol. The van der Waals surface area contributed by atoms with Gasteiger partial charge in [0.15, 0.2) is 0 Å². The second-order valence-corrected chi connectivity index (χ2v) is 5.46. The fourth-order valence-electron chi connectivity index (χ4n) is 1.45. The number of hydrogen-bond donors (Lipinski definition) is 0. The summed E-state index contributed by atoms with van der Waals surface area (Å²) in [6, 6.07) is 13.0. The van der Waals surface area contributed by atoms with Crippen LogP contribution in [-0.4, -0.2) is 8.42 Å². The number of sulfone groups is 1. The second-order valence-electron chi connectivity index (χ2n) is 3.51. The zero-order valence-corrected chi connectivity index (χ0v) is 9.91. The van der Waals surface area contributed by atoms with Crippen molar-refractivity contribution >= 4 is 9.84 Å². The van der Waals surface area contributed by atoms with Crippen molar-refractivity contribution in [3.63, 3.8) is 0 Å². The summed E-state index contributed by atoms with van der Waals surface area (Å²) in [5, 5.41) is 8.71. The average Bonchev–Trinajstić information content (AvgIpc) is 2.39. The Morgan fingerprint density at radius 3 is 2.56 bits per heavy atom. The molecule has 0 saturated heterocycles. The summed E-state index contributed by atoms with van der Waals surface area (Å²) in [4.78, 5) is -0.194. The van der Waals surface area contributed by atoms with Gasteiger partial charge in [0.05, 0.1) is 21.4 Å². The van der Waals surface area contributed by atoms with Crippen molar-refractivity contribution in [3.8, 4) is 6.07 Å². The molecule has 3 nitrogen and oxygen atoms in total. The lowest BCUT2D eigenvalue weighted by atomic mass is 10.2. The molecule has 0 fully saturated rings. The third kappa shape index (κ3) is 2.24. The van der Waals surface area contributed by atoms with Gasteiger partial charge in [-0.1, -0.05) is 12.1 Å². The van der Waals surface area contributed by atoms with Gasteiger partial charge < -0.3 is 0 Å². The fraction of sp³-hybridized carbons (Fsp3) is 0. The molecule has 89 valence electrons. The Morgan fingerprint density at radius 1 is 1.17 bits per heavy atom. The first-order chi connectivity index (χ1) is 8.54. The number of rotatable bonds is 2.